The third-order valence-electron chi connectivity index (χ3n) is 2.66. The summed E-state index contributed by atoms with van der Waals surface area (Å²) in [5.74, 6) is -0.0105. The van der Waals surface area contributed by atoms with E-state index in [1.54, 1.807) is 25.1 Å². The monoisotopic (exact) mass is 278 g/mol. The number of phenols is 1. The summed E-state index contributed by atoms with van der Waals surface area (Å²) in [5, 5.41) is 9.31. The molecule has 0 aliphatic heterocycles. The van der Waals surface area contributed by atoms with Crippen molar-refractivity contribution in [1.82, 2.24) is 0 Å². The second-order valence-electron chi connectivity index (χ2n) is 4.17. The number of aromatic hydroxyl groups is 1. The number of sulfonamides is 1. The van der Waals surface area contributed by atoms with Crippen LogP contribution in [0.25, 0.3) is 0 Å². The maximum absolute atomic E-state index is 12.1. The van der Waals surface area contributed by atoms with Crippen LogP contribution in [0.15, 0.2) is 47.4 Å². The molecule has 0 bridgehead atoms. The molecule has 0 atom stereocenters. The van der Waals surface area contributed by atoms with E-state index in [9.17, 15) is 13.5 Å². The summed E-state index contributed by atoms with van der Waals surface area (Å²) in [4.78, 5) is 0.0824. The van der Waals surface area contributed by atoms with Crippen LogP contribution in [0.1, 0.15) is 5.56 Å². The molecule has 0 aromatic heterocycles. The number of nitrogens with one attached hydrogen (secondary N) is 1. The van der Waals surface area contributed by atoms with Gasteiger partial charge in [0.05, 0.1) is 10.6 Å². The molecule has 0 amide bonds. The molecule has 2 aromatic carbocycles. The predicted octanol–water partition coefficient (Wildman–Crippen LogP) is 2.08. The van der Waals surface area contributed by atoms with Gasteiger partial charge in [-0.2, -0.15) is 0 Å². The van der Waals surface area contributed by atoms with Gasteiger partial charge in [-0.05, 0) is 36.8 Å². The van der Waals surface area contributed by atoms with Crippen molar-refractivity contribution in [2.45, 2.75) is 11.8 Å². The van der Waals surface area contributed by atoms with Crippen molar-refractivity contribution in [3.8, 4) is 5.75 Å². The summed E-state index contributed by atoms with van der Waals surface area (Å²) in [6.45, 7) is 1.80. The van der Waals surface area contributed by atoms with E-state index in [2.05, 4.69) is 4.72 Å². The molecule has 5 nitrogen and oxygen atoms in total. The lowest BCUT2D eigenvalue weighted by Gasteiger charge is -2.09. The Labute approximate surface area is 111 Å². The highest BCUT2D eigenvalue weighted by Crippen LogP contribution is 2.22. The van der Waals surface area contributed by atoms with Crippen LogP contribution >= 0.6 is 0 Å². The Morgan fingerprint density at radius 1 is 1.16 bits per heavy atom. The van der Waals surface area contributed by atoms with Gasteiger partial charge in [0.1, 0.15) is 5.75 Å². The first-order chi connectivity index (χ1) is 8.88. The highest BCUT2D eigenvalue weighted by atomic mass is 32.2. The fraction of sp³-hybridized carbons (Fsp3) is 0.0769. The largest absolute Gasteiger partial charge is 0.508 e. The number of hydrogen-bond donors (Lipinski definition) is 3. The van der Waals surface area contributed by atoms with Crippen LogP contribution in [0.3, 0.4) is 0 Å². The van der Waals surface area contributed by atoms with E-state index >= 15 is 0 Å². The average Bonchev–Trinajstić information content (AvgIpc) is 2.32. The molecule has 0 radical (unpaired) electrons. The highest BCUT2D eigenvalue weighted by Gasteiger charge is 2.15. The van der Waals surface area contributed by atoms with Gasteiger partial charge in [0.15, 0.2) is 0 Å². The van der Waals surface area contributed by atoms with Gasteiger partial charge < -0.3 is 10.8 Å². The molecule has 0 aliphatic rings. The fourth-order valence-corrected chi connectivity index (χ4v) is 2.65. The first-order valence-corrected chi connectivity index (χ1v) is 7.05. The Kier molecular flexibility index (Phi) is 3.35. The van der Waals surface area contributed by atoms with Crippen LogP contribution in [-0.4, -0.2) is 13.5 Å². The van der Waals surface area contributed by atoms with Crippen LogP contribution in [0.4, 0.5) is 11.4 Å². The summed E-state index contributed by atoms with van der Waals surface area (Å²) in [7, 11) is -3.71. The zero-order valence-corrected chi connectivity index (χ0v) is 11.1. The third-order valence-corrected chi connectivity index (χ3v) is 4.04. The topological polar surface area (TPSA) is 92.4 Å². The van der Waals surface area contributed by atoms with Gasteiger partial charge in [-0.25, -0.2) is 8.42 Å². The highest BCUT2D eigenvalue weighted by molar-refractivity contribution is 7.92. The molecule has 2 rings (SSSR count). The van der Waals surface area contributed by atoms with Crippen molar-refractivity contribution < 1.29 is 13.5 Å². The van der Waals surface area contributed by atoms with Crippen molar-refractivity contribution in [2.24, 2.45) is 0 Å². The zero-order chi connectivity index (χ0) is 14.0. The Hall–Kier alpha value is -2.21. The van der Waals surface area contributed by atoms with Crippen molar-refractivity contribution in [3.05, 3.63) is 48.0 Å². The molecule has 0 saturated carbocycles. The zero-order valence-electron chi connectivity index (χ0n) is 10.3. The number of aryl methyl sites for hydroxylation is 1. The van der Waals surface area contributed by atoms with Gasteiger partial charge in [-0.1, -0.05) is 12.1 Å². The maximum Gasteiger partial charge on any atom is 0.261 e. The van der Waals surface area contributed by atoms with E-state index < -0.39 is 10.0 Å². The molecular weight excluding hydrogens is 264 g/mol. The minimum Gasteiger partial charge on any atom is -0.508 e. The predicted molar refractivity (Wildman–Crippen MR) is 74.5 cm³/mol. The molecule has 0 unspecified atom stereocenters. The van der Waals surface area contributed by atoms with Crippen molar-refractivity contribution in [3.63, 3.8) is 0 Å². The summed E-state index contributed by atoms with van der Waals surface area (Å²) in [6, 6.07) is 10.4. The van der Waals surface area contributed by atoms with E-state index in [0.29, 0.717) is 11.4 Å². The second-order valence-corrected chi connectivity index (χ2v) is 5.86. The van der Waals surface area contributed by atoms with Gasteiger partial charge in [-0.15, -0.1) is 0 Å². The third kappa shape index (κ3) is 2.97. The number of hydrogen-bond acceptors (Lipinski definition) is 4. The Morgan fingerprint density at radius 3 is 2.53 bits per heavy atom. The number of phenolic OH excluding ortho intramolecular Hbond substituents is 1. The maximum atomic E-state index is 12.1. The molecule has 100 valence electrons. The number of nitrogen functional groups attached to an aromatic ring is 1. The molecule has 2 aromatic rings. The lowest BCUT2D eigenvalue weighted by Crippen LogP contribution is -2.13. The van der Waals surface area contributed by atoms with Crippen molar-refractivity contribution in [1.29, 1.82) is 0 Å². The van der Waals surface area contributed by atoms with Crippen molar-refractivity contribution >= 4 is 21.4 Å². The first kappa shape index (κ1) is 13.2. The van der Waals surface area contributed by atoms with Gasteiger partial charge in [0.2, 0.25) is 0 Å². The van der Waals surface area contributed by atoms with Gasteiger partial charge in [-0.3, -0.25) is 4.72 Å². The molecule has 0 heterocycles. The van der Waals surface area contributed by atoms with Crippen LogP contribution < -0.4 is 10.5 Å². The Balaban J connectivity index is 2.35. The number of nitrogens with two attached hydrogens (primary N) is 1. The van der Waals surface area contributed by atoms with E-state index in [1.807, 2.05) is 0 Å². The van der Waals surface area contributed by atoms with E-state index in [-0.39, 0.29) is 10.6 Å². The van der Waals surface area contributed by atoms with E-state index in [0.717, 1.165) is 5.56 Å². The molecule has 0 aliphatic carbocycles. The van der Waals surface area contributed by atoms with E-state index in [1.165, 1.54) is 24.3 Å². The summed E-state index contributed by atoms with van der Waals surface area (Å²) >= 11 is 0. The molecule has 4 N–H and O–H groups in total. The number of benzene rings is 2. The fourth-order valence-electron chi connectivity index (χ4n) is 1.57. The smallest absolute Gasteiger partial charge is 0.261 e. The summed E-state index contributed by atoms with van der Waals surface area (Å²) in [5.41, 5.74) is 7.23. The van der Waals surface area contributed by atoms with Gasteiger partial charge >= 0.3 is 0 Å². The summed E-state index contributed by atoms with van der Waals surface area (Å²) in [6.07, 6.45) is 0. The molecule has 6 heteroatoms. The van der Waals surface area contributed by atoms with Crippen LogP contribution in [0.5, 0.6) is 5.75 Å². The Morgan fingerprint density at radius 2 is 1.89 bits per heavy atom. The normalized spacial score (nSPS) is 11.2. The minimum absolute atomic E-state index is 0.0105. The number of rotatable bonds is 3. The van der Waals surface area contributed by atoms with Crippen LogP contribution in [0.2, 0.25) is 0 Å². The molecule has 0 saturated heterocycles. The first-order valence-electron chi connectivity index (χ1n) is 5.56. The van der Waals surface area contributed by atoms with Gasteiger partial charge in [0.25, 0.3) is 10.0 Å². The lowest BCUT2D eigenvalue weighted by atomic mass is 10.2. The van der Waals surface area contributed by atoms with Crippen molar-refractivity contribution in [2.75, 3.05) is 10.5 Å². The SMILES string of the molecule is Cc1ccc(S(=O)(=O)Nc2cccc(O)c2)cc1N. The average molecular weight is 278 g/mol. The van der Waals surface area contributed by atoms with Crippen LogP contribution in [-0.2, 0) is 10.0 Å². The molecule has 0 fully saturated rings. The minimum atomic E-state index is -3.71. The lowest BCUT2D eigenvalue weighted by molar-refractivity contribution is 0.475. The standard InChI is InChI=1S/C13H14N2O3S/c1-9-5-6-12(8-13(9)14)19(17,18)15-10-3-2-4-11(16)7-10/h2-8,15-16H,14H2,1H3. The molecule has 19 heavy (non-hydrogen) atoms. The van der Waals surface area contributed by atoms with Crippen LogP contribution in [0, 0.1) is 6.92 Å². The summed E-state index contributed by atoms with van der Waals surface area (Å²) < 4.78 is 26.6. The Bertz CT molecular complexity index is 712. The second kappa shape index (κ2) is 4.81. The van der Waals surface area contributed by atoms with Gasteiger partial charge in [0, 0.05) is 11.8 Å². The number of anilines is 2. The molecule has 0 spiro atoms. The molecular formula is C13H14N2O3S. The van der Waals surface area contributed by atoms with E-state index in [4.69, 9.17) is 5.73 Å². The quantitative estimate of drug-likeness (QED) is 0.749.